The van der Waals surface area contributed by atoms with Crippen LogP contribution in [-0.2, 0) is 44.3 Å². The Morgan fingerprint density at radius 2 is 0.677 bits per heavy atom. The number of hydrogen-bond donors (Lipinski definition) is 0. The van der Waals surface area contributed by atoms with E-state index in [1.54, 1.807) is 20.8 Å². The van der Waals surface area contributed by atoms with Gasteiger partial charge in [-0.3, -0.25) is 9.59 Å². The molecule has 1 unspecified atom stereocenters. The zero-order valence-electron chi connectivity index (χ0n) is 41.7. The van der Waals surface area contributed by atoms with Gasteiger partial charge in [0.05, 0.1) is 0 Å². The van der Waals surface area contributed by atoms with Crippen LogP contribution in [0, 0.1) is 11.3 Å². The van der Waals surface area contributed by atoms with E-state index in [0.29, 0.717) is 6.42 Å². The van der Waals surface area contributed by atoms with Crippen molar-refractivity contribution in [3.05, 3.63) is 179 Å². The molecule has 0 aliphatic carbocycles. The molecule has 346 valence electrons. The topological polar surface area (TPSA) is 51.2 Å². The molecule has 0 aromatic heterocycles. The Hall–Kier alpha value is -3.93. The Morgan fingerprint density at radius 1 is 0.452 bits per heavy atom. The van der Waals surface area contributed by atoms with E-state index in [0.717, 1.165) is 29.9 Å². The van der Waals surface area contributed by atoms with E-state index < -0.39 is 0 Å². The molecule has 62 heavy (non-hydrogen) atoms. The summed E-state index contributed by atoms with van der Waals surface area (Å²) in [6.45, 7) is 30.8. The molecular formula is C57H86Br2O3. The number of carbonyl (C=O) groups is 3. The van der Waals surface area contributed by atoms with E-state index in [1.807, 2.05) is 174 Å². The molecule has 0 saturated heterocycles. The summed E-state index contributed by atoms with van der Waals surface area (Å²) in [6, 6.07) is 51.1. The standard InChI is InChI=1S/C18H20O.C11H14O.2C7H7Br.C4H8O.5C2H6/c1-15(19)18(2,13-16-9-5-3-6-10-16)14-17-11-7-4-8-12-17;1-9(10(2)12)8-11-6-4-3-5-7-11;2*8-6-7-4-2-1-3-5-7;1-3-4(2)5;5*1-2/h3-12H,13-14H2,1-2H3;3-7,9H,8H2,1-2H3;2*1-5H,6H2;3H2,1-2H3;5*1-2H3. The highest BCUT2D eigenvalue weighted by molar-refractivity contribution is 9.08. The summed E-state index contributed by atoms with van der Waals surface area (Å²) in [5.74, 6) is 0.913. The molecule has 0 amide bonds. The van der Waals surface area contributed by atoms with Crippen LogP contribution in [0.4, 0.5) is 0 Å². The van der Waals surface area contributed by atoms with Crippen LogP contribution in [-0.4, -0.2) is 17.3 Å². The lowest BCUT2D eigenvalue weighted by Gasteiger charge is -2.27. The van der Waals surface area contributed by atoms with Gasteiger partial charge in [0.25, 0.3) is 0 Å². The average molecular weight is 979 g/mol. The molecule has 3 nitrogen and oxygen atoms in total. The van der Waals surface area contributed by atoms with Gasteiger partial charge >= 0.3 is 0 Å². The van der Waals surface area contributed by atoms with Crippen molar-refractivity contribution >= 4 is 49.2 Å². The van der Waals surface area contributed by atoms with Crippen LogP contribution in [0.25, 0.3) is 0 Å². The van der Waals surface area contributed by atoms with E-state index in [4.69, 9.17) is 0 Å². The lowest BCUT2D eigenvalue weighted by molar-refractivity contribution is -0.125. The normalized spacial score (nSPS) is 9.32. The zero-order valence-corrected chi connectivity index (χ0v) is 44.9. The van der Waals surface area contributed by atoms with Gasteiger partial charge in [-0.05, 0) is 67.9 Å². The third-order valence-electron chi connectivity index (χ3n) is 8.30. The van der Waals surface area contributed by atoms with Gasteiger partial charge < -0.3 is 4.79 Å². The molecule has 5 aromatic rings. The number of Topliss-reactive ketones (excluding diaryl/α,β-unsaturated/α-hetero) is 3. The minimum absolute atomic E-state index is 0.146. The van der Waals surface area contributed by atoms with Crippen molar-refractivity contribution in [2.24, 2.45) is 11.3 Å². The van der Waals surface area contributed by atoms with Crippen LogP contribution in [0.3, 0.4) is 0 Å². The van der Waals surface area contributed by atoms with E-state index >= 15 is 0 Å². The maximum absolute atomic E-state index is 12.1. The van der Waals surface area contributed by atoms with Gasteiger partial charge in [-0.25, -0.2) is 0 Å². The Labute approximate surface area is 399 Å². The van der Waals surface area contributed by atoms with Gasteiger partial charge in [0.2, 0.25) is 0 Å². The SMILES string of the molecule is BrCc1ccccc1.BrCc1ccccc1.CC.CC.CC.CC.CC.CC(=O)C(C)(Cc1ccccc1)Cc1ccccc1.CC(=O)C(C)Cc1ccccc1.CCC(C)=O. The fourth-order valence-electron chi connectivity index (χ4n) is 4.65. The molecule has 5 rings (SSSR count). The maximum atomic E-state index is 12.1. The number of benzene rings is 5. The van der Waals surface area contributed by atoms with Crippen molar-refractivity contribution in [1.29, 1.82) is 0 Å². The van der Waals surface area contributed by atoms with Crippen molar-refractivity contribution in [2.75, 3.05) is 0 Å². The average Bonchev–Trinajstić information content (AvgIpc) is 3.34. The predicted molar refractivity (Wildman–Crippen MR) is 285 cm³/mol. The van der Waals surface area contributed by atoms with Gasteiger partial charge in [-0.1, -0.05) is 274 Å². The van der Waals surface area contributed by atoms with Crippen LogP contribution >= 0.6 is 31.9 Å². The highest BCUT2D eigenvalue weighted by atomic mass is 79.9. The van der Waals surface area contributed by atoms with Crippen molar-refractivity contribution in [2.45, 2.75) is 147 Å². The molecule has 0 saturated carbocycles. The lowest BCUT2D eigenvalue weighted by Crippen LogP contribution is -2.30. The van der Waals surface area contributed by atoms with Gasteiger partial charge in [0.15, 0.2) is 0 Å². The van der Waals surface area contributed by atoms with Crippen molar-refractivity contribution in [3.8, 4) is 0 Å². The molecule has 0 heterocycles. The van der Waals surface area contributed by atoms with Gasteiger partial charge in [0, 0.05) is 28.4 Å². The summed E-state index contributed by atoms with van der Waals surface area (Å²) in [4.78, 5) is 32.8. The Kier molecular flexibility index (Phi) is 53.9. The number of rotatable bonds is 11. The minimum atomic E-state index is -0.331. The molecule has 5 heteroatoms. The first-order valence-electron chi connectivity index (χ1n) is 22.8. The van der Waals surface area contributed by atoms with Crippen molar-refractivity contribution in [3.63, 3.8) is 0 Å². The van der Waals surface area contributed by atoms with Crippen LogP contribution < -0.4 is 0 Å². The molecule has 0 radical (unpaired) electrons. The second kappa shape index (κ2) is 49.7. The third kappa shape index (κ3) is 39.0. The van der Waals surface area contributed by atoms with E-state index in [1.165, 1.54) is 27.8 Å². The largest absolute Gasteiger partial charge is 0.300 e. The molecule has 0 aliphatic rings. The molecule has 1 atom stereocenters. The first-order chi connectivity index (χ1) is 29.9. The van der Waals surface area contributed by atoms with Crippen LogP contribution in [0.2, 0.25) is 0 Å². The Bertz CT molecular complexity index is 1560. The molecule has 0 bridgehead atoms. The molecule has 5 aromatic carbocycles. The summed E-state index contributed by atoms with van der Waals surface area (Å²) in [6.07, 6.45) is 3.10. The Morgan fingerprint density at radius 3 is 0.855 bits per heavy atom. The number of hydrogen-bond acceptors (Lipinski definition) is 3. The third-order valence-corrected chi connectivity index (χ3v) is 9.59. The molecule has 0 N–H and O–H groups in total. The van der Waals surface area contributed by atoms with Crippen LogP contribution in [0.5, 0.6) is 0 Å². The van der Waals surface area contributed by atoms with Crippen LogP contribution in [0.15, 0.2) is 152 Å². The molecule has 0 aliphatic heterocycles. The van der Waals surface area contributed by atoms with Gasteiger partial charge in [0.1, 0.15) is 17.3 Å². The van der Waals surface area contributed by atoms with Gasteiger partial charge in [-0.15, -0.1) is 0 Å². The number of alkyl halides is 2. The summed E-state index contributed by atoms with van der Waals surface area (Å²) in [5, 5.41) is 1.90. The van der Waals surface area contributed by atoms with E-state index in [2.05, 4.69) is 99.4 Å². The first-order valence-corrected chi connectivity index (χ1v) is 25.0. The summed E-state index contributed by atoms with van der Waals surface area (Å²) >= 11 is 6.71. The Balaban J connectivity index is -0.000000219. The number of carbonyl (C=O) groups excluding carboxylic acids is 3. The molecule has 0 fully saturated rings. The maximum Gasteiger partial charge on any atom is 0.136 e. The van der Waals surface area contributed by atoms with Gasteiger partial charge in [-0.2, -0.15) is 0 Å². The monoisotopic (exact) mass is 976 g/mol. The van der Waals surface area contributed by atoms with E-state index in [9.17, 15) is 14.4 Å². The quantitative estimate of drug-likeness (QED) is 0.124. The highest BCUT2D eigenvalue weighted by Gasteiger charge is 2.30. The smallest absolute Gasteiger partial charge is 0.136 e. The van der Waals surface area contributed by atoms with Crippen molar-refractivity contribution in [1.82, 2.24) is 0 Å². The summed E-state index contributed by atoms with van der Waals surface area (Å²) in [7, 11) is 0. The number of ketones is 3. The molecular weight excluding hydrogens is 892 g/mol. The van der Waals surface area contributed by atoms with Crippen LogP contribution in [0.1, 0.15) is 145 Å². The van der Waals surface area contributed by atoms with E-state index in [-0.39, 0.29) is 28.7 Å². The van der Waals surface area contributed by atoms with Crippen molar-refractivity contribution < 1.29 is 14.4 Å². The zero-order chi connectivity index (χ0) is 48.6. The summed E-state index contributed by atoms with van der Waals surface area (Å²) < 4.78 is 0. The highest BCUT2D eigenvalue weighted by Crippen LogP contribution is 2.28. The fraction of sp³-hybridized carbons (Fsp3) is 0.421. The summed E-state index contributed by atoms with van der Waals surface area (Å²) in [5.41, 5.74) is 6.00. The fourth-order valence-corrected chi connectivity index (χ4v) is 5.40. The minimum Gasteiger partial charge on any atom is -0.300 e. The first kappa shape index (κ1) is 67.2. The number of halogens is 2. The lowest BCUT2D eigenvalue weighted by atomic mass is 9.75. The second-order valence-electron chi connectivity index (χ2n) is 12.9. The molecule has 0 spiro atoms. The second-order valence-corrected chi connectivity index (χ2v) is 14.1. The predicted octanol–water partition coefficient (Wildman–Crippen LogP) is 17.8.